The molecule has 0 bridgehead atoms. The van der Waals surface area contributed by atoms with Crippen LogP contribution in [0.2, 0.25) is 0 Å². The number of nitrogens with one attached hydrogen (secondary N) is 1. The van der Waals surface area contributed by atoms with Gasteiger partial charge in [0.15, 0.2) is 0 Å². The van der Waals surface area contributed by atoms with Gasteiger partial charge in [0, 0.05) is 6.04 Å². The zero-order valence-electron chi connectivity index (χ0n) is 6.68. The highest BCUT2D eigenvalue weighted by molar-refractivity contribution is 7.81. The van der Waals surface area contributed by atoms with E-state index in [1.54, 1.807) is 0 Å². The molecular weight excluding hydrogens is 158 g/mol. The number of hydrogen-bond acceptors (Lipinski definition) is 2. The molecule has 0 spiro atoms. The molecule has 1 amide bonds. The van der Waals surface area contributed by atoms with Crippen LogP contribution in [0.3, 0.4) is 0 Å². The van der Waals surface area contributed by atoms with Crippen molar-refractivity contribution in [1.82, 2.24) is 5.32 Å². The third kappa shape index (κ3) is 3.14. The Morgan fingerprint density at radius 2 is 2.00 bits per heavy atom. The fourth-order valence-electron chi connectivity index (χ4n) is 1.52. The van der Waals surface area contributed by atoms with Crippen LogP contribution in [0.15, 0.2) is 0 Å². The van der Waals surface area contributed by atoms with Gasteiger partial charge >= 0.3 is 0 Å². The van der Waals surface area contributed by atoms with Crippen molar-refractivity contribution >= 4 is 18.5 Å². The summed E-state index contributed by atoms with van der Waals surface area (Å²) >= 11 is 3.90. The lowest BCUT2D eigenvalue weighted by molar-refractivity contribution is -0.119. The van der Waals surface area contributed by atoms with Gasteiger partial charge in [-0.1, -0.05) is 19.3 Å². The summed E-state index contributed by atoms with van der Waals surface area (Å²) in [5.74, 6) is 0.386. The summed E-state index contributed by atoms with van der Waals surface area (Å²) in [6, 6.07) is 0.434. The van der Waals surface area contributed by atoms with Gasteiger partial charge in [0.25, 0.3) is 0 Å². The van der Waals surface area contributed by atoms with Gasteiger partial charge < -0.3 is 5.32 Å². The number of carbonyl (C=O) groups excluding carboxylic acids is 1. The fraction of sp³-hybridized carbons (Fsp3) is 0.875. The van der Waals surface area contributed by atoms with E-state index < -0.39 is 0 Å². The molecule has 1 N–H and O–H groups in total. The smallest absolute Gasteiger partial charge is 0.229 e. The van der Waals surface area contributed by atoms with Crippen molar-refractivity contribution in [2.75, 3.05) is 5.75 Å². The van der Waals surface area contributed by atoms with Crippen LogP contribution >= 0.6 is 12.6 Å². The van der Waals surface area contributed by atoms with Crippen molar-refractivity contribution in [3.05, 3.63) is 0 Å². The highest BCUT2D eigenvalue weighted by atomic mass is 32.1. The van der Waals surface area contributed by atoms with E-state index in [1.165, 1.54) is 19.3 Å². The van der Waals surface area contributed by atoms with Gasteiger partial charge in [0.2, 0.25) is 5.91 Å². The molecule has 0 unspecified atom stereocenters. The standard InChI is InChI=1S/C8H15NOS/c10-8(6-11)9-7-4-2-1-3-5-7/h7,11H,1-6H2,(H,9,10). The first-order valence-corrected chi connectivity index (χ1v) is 4.86. The molecule has 0 aliphatic heterocycles. The first-order chi connectivity index (χ1) is 5.33. The second-order valence-electron chi connectivity index (χ2n) is 3.06. The zero-order valence-corrected chi connectivity index (χ0v) is 7.57. The normalized spacial score (nSPS) is 19.7. The maximum absolute atomic E-state index is 10.9. The van der Waals surface area contributed by atoms with Crippen molar-refractivity contribution in [1.29, 1.82) is 0 Å². The molecule has 3 heteroatoms. The monoisotopic (exact) mass is 173 g/mol. The van der Waals surface area contributed by atoms with E-state index in [-0.39, 0.29) is 5.91 Å². The van der Waals surface area contributed by atoms with Crippen molar-refractivity contribution in [2.24, 2.45) is 0 Å². The lowest BCUT2D eigenvalue weighted by Gasteiger charge is -2.22. The number of amides is 1. The Hall–Kier alpha value is -0.180. The van der Waals surface area contributed by atoms with Crippen LogP contribution in [0.1, 0.15) is 32.1 Å². The van der Waals surface area contributed by atoms with Gasteiger partial charge in [0.05, 0.1) is 5.75 Å². The van der Waals surface area contributed by atoms with Crippen molar-refractivity contribution < 1.29 is 4.79 Å². The van der Waals surface area contributed by atoms with Gasteiger partial charge in [-0.05, 0) is 12.8 Å². The quantitative estimate of drug-likeness (QED) is 0.607. The summed E-state index contributed by atoms with van der Waals surface area (Å²) in [5, 5.41) is 2.95. The molecule has 0 heterocycles. The Kier molecular flexibility index (Phi) is 3.77. The number of carbonyl (C=O) groups is 1. The van der Waals surface area contributed by atoms with Crippen LogP contribution in [0.25, 0.3) is 0 Å². The van der Waals surface area contributed by atoms with Crippen LogP contribution < -0.4 is 5.32 Å². The van der Waals surface area contributed by atoms with Crippen molar-refractivity contribution in [2.45, 2.75) is 38.1 Å². The summed E-state index contributed by atoms with van der Waals surface area (Å²) in [4.78, 5) is 10.9. The van der Waals surface area contributed by atoms with Crippen LogP contribution in [0, 0.1) is 0 Å². The van der Waals surface area contributed by atoms with Crippen molar-refractivity contribution in [3.63, 3.8) is 0 Å². The number of thiol groups is 1. The highest BCUT2D eigenvalue weighted by Gasteiger charge is 2.14. The maximum atomic E-state index is 10.9. The third-order valence-corrected chi connectivity index (χ3v) is 2.40. The molecule has 1 rings (SSSR count). The number of hydrogen-bond donors (Lipinski definition) is 2. The lowest BCUT2D eigenvalue weighted by Crippen LogP contribution is -2.36. The van der Waals surface area contributed by atoms with E-state index in [9.17, 15) is 4.79 Å². The molecule has 0 aromatic carbocycles. The number of rotatable bonds is 2. The molecule has 64 valence electrons. The van der Waals surface area contributed by atoms with E-state index >= 15 is 0 Å². The summed E-state index contributed by atoms with van der Waals surface area (Å²) in [5.41, 5.74) is 0. The first kappa shape index (κ1) is 8.91. The van der Waals surface area contributed by atoms with Crippen LogP contribution in [-0.2, 0) is 4.79 Å². The van der Waals surface area contributed by atoms with Gasteiger partial charge in [0.1, 0.15) is 0 Å². The molecule has 1 fully saturated rings. The van der Waals surface area contributed by atoms with E-state index in [0.717, 1.165) is 12.8 Å². The third-order valence-electron chi connectivity index (χ3n) is 2.11. The van der Waals surface area contributed by atoms with Crippen LogP contribution in [0.4, 0.5) is 0 Å². The van der Waals surface area contributed by atoms with E-state index in [4.69, 9.17) is 0 Å². The van der Waals surface area contributed by atoms with Gasteiger partial charge in [-0.25, -0.2) is 0 Å². The molecule has 0 radical (unpaired) electrons. The molecule has 0 aromatic heterocycles. The molecule has 0 saturated heterocycles. The zero-order chi connectivity index (χ0) is 8.10. The van der Waals surface area contributed by atoms with Gasteiger partial charge in [-0.2, -0.15) is 12.6 Å². The predicted octanol–water partition coefficient (Wildman–Crippen LogP) is 1.37. The molecule has 1 aliphatic rings. The van der Waals surface area contributed by atoms with E-state index in [1.807, 2.05) is 0 Å². The average molecular weight is 173 g/mol. The Balaban J connectivity index is 2.19. The minimum Gasteiger partial charge on any atom is -0.353 e. The summed E-state index contributed by atoms with van der Waals surface area (Å²) in [6.45, 7) is 0. The highest BCUT2D eigenvalue weighted by Crippen LogP contribution is 2.17. The molecule has 1 aliphatic carbocycles. The Labute approximate surface area is 73.2 Å². The van der Waals surface area contributed by atoms with Crippen molar-refractivity contribution in [3.8, 4) is 0 Å². The fourth-order valence-corrected chi connectivity index (χ4v) is 1.61. The largest absolute Gasteiger partial charge is 0.353 e. The summed E-state index contributed by atoms with van der Waals surface area (Å²) < 4.78 is 0. The molecule has 2 nitrogen and oxygen atoms in total. The topological polar surface area (TPSA) is 29.1 Å². The Morgan fingerprint density at radius 1 is 1.36 bits per heavy atom. The van der Waals surface area contributed by atoms with Crippen LogP contribution in [0.5, 0.6) is 0 Å². The Bertz CT molecular complexity index is 132. The van der Waals surface area contributed by atoms with Gasteiger partial charge in [-0.3, -0.25) is 4.79 Å². The summed E-state index contributed by atoms with van der Waals surface area (Å²) in [6.07, 6.45) is 6.15. The molecule has 0 aromatic rings. The van der Waals surface area contributed by atoms with Gasteiger partial charge in [-0.15, -0.1) is 0 Å². The second kappa shape index (κ2) is 4.65. The first-order valence-electron chi connectivity index (χ1n) is 4.23. The average Bonchev–Trinajstić information content (AvgIpc) is 2.06. The predicted molar refractivity (Wildman–Crippen MR) is 48.9 cm³/mol. The molecular formula is C8H15NOS. The maximum Gasteiger partial charge on any atom is 0.229 e. The Morgan fingerprint density at radius 3 is 2.55 bits per heavy atom. The van der Waals surface area contributed by atoms with E-state index in [0.29, 0.717) is 11.8 Å². The molecule has 11 heavy (non-hydrogen) atoms. The minimum atomic E-state index is 0.0697. The van der Waals surface area contributed by atoms with Crippen LogP contribution in [-0.4, -0.2) is 17.7 Å². The van der Waals surface area contributed by atoms with E-state index in [2.05, 4.69) is 17.9 Å². The minimum absolute atomic E-state index is 0.0697. The lowest BCUT2D eigenvalue weighted by atomic mass is 9.95. The molecule has 0 atom stereocenters. The second-order valence-corrected chi connectivity index (χ2v) is 3.38. The SMILES string of the molecule is O=C(CS)NC1CCCCC1. The molecule has 1 saturated carbocycles. The summed E-state index contributed by atoms with van der Waals surface area (Å²) in [7, 11) is 0.